The molecule has 2 saturated heterocycles. The topological polar surface area (TPSA) is 84.7 Å². The van der Waals surface area contributed by atoms with Crippen LogP contribution in [0, 0.1) is 11.8 Å². The van der Waals surface area contributed by atoms with Crippen LogP contribution >= 0.6 is 11.3 Å². The standard InChI is InChI=1S/C29H36N4O4S/c1-29(2,3)37-28(36)32-15-11-22(24(18-32)21-7-5-4-6-8-21)26(34)31-13-9-20(10-14-31)17-33-19-30-25-23(27(33)35)12-16-38-25/h4-8,12,16,19-20,22,24H,9-11,13-15,17-18H2,1-3H3/t22-,24+/m1/s1. The van der Waals surface area contributed by atoms with Crippen LogP contribution in [0.15, 0.2) is 52.9 Å². The molecule has 3 aromatic rings. The first kappa shape index (κ1) is 26.4. The van der Waals surface area contributed by atoms with Gasteiger partial charge in [0.1, 0.15) is 10.4 Å². The lowest BCUT2D eigenvalue weighted by Gasteiger charge is -2.41. The molecule has 5 rings (SSSR count). The zero-order valence-corrected chi connectivity index (χ0v) is 23.2. The molecule has 2 fully saturated rings. The maximum Gasteiger partial charge on any atom is 0.410 e. The summed E-state index contributed by atoms with van der Waals surface area (Å²) in [5.74, 6) is 0.235. The molecule has 0 aliphatic carbocycles. The number of carbonyl (C=O) groups excluding carboxylic acids is 2. The molecule has 202 valence electrons. The molecule has 2 aromatic heterocycles. The Morgan fingerprint density at radius 3 is 2.45 bits per heavy atom. The second-order valence-electron chi connectivity index (χ2n) is 11.4. The second kappa shape index (κ2) is 10.9. The summed E-state index contributed by atoms with van der Waals surface area (Å²) in [6, 6.07) is 11.9. The SMILES string of the molecule is CC(C)(C)OC(=O)N1CC[C@@H](C(=O)N2CCC(Cn3cnc4sccc4c3=O)CC2)[C@H](c2ccccc2)C1. The molecule has 2 aliphatic heterocycles. The second-order valence-corrected chi connectivity index (χ2v) is 12.3. The summed E-state index contributed by atoms with van der Waals surface area (Å²) in [5, 5.41) is 2.57. The van der Waals surface area contributed by atoms with Crippen LogP contribution in [0.2, 0.25) is 0 Å². The minimum Gasteiger partial charge on any atom is -0.444 e. The summed E-state index contributed by atoms with van der Waals surface area (Å²) >= 11 is 1.48. The molecule has 0 N–H and O–H groups in total. The van der Waals surface area contributed by atoms with E-state index in [0.717, 1.165) is 23.2 Å². The lowest BCUT2D eigenvalue weighted by atomic mass is 9.79. The fourth-order valence-corrected chi connectivity index (χ4v) is 6.37. The van der Waals surface area contributed by atoms with Gasteiger partial charge in [-0.1, -0.05) is 30.3 Å². The van der Waals surface area contributed by atoms with Gasteiger partial charge in [0.15, 0.2) is 0 Å². The van der Waals surface area contributed by atoms with E-state index in [2.05, 4.69) is 4.98 Å². The van der Waals surface area contributed by atoms with E-state index in [1.807, 2.05) is 67.4 Å². The van der Waals surface area contributed by atoms with Crippen LogP contribution in [0.3, 0.4) is 0 Å². The summed E-state index contributed by atoms with van der Waals surface area (Å²) < 4.78 is 7.34. The van der Waals surface area contributed by atoms with Crippen LogP contribution in [0.25, 0.3) is 10.2 Å². The molecule has 0 radical (unpaired) electrons. The van der Waals surface area contributed by atoms with Crippen LogP contribution in [-0.4, -0.2) is 63.1 Å². The third kappa shape index (κ3) is 5.77. The molecular weight excluding hydrogens is 500 g/mol. The average Bonchev–Trinajstić information content (AvgIpc) is 3.39. The number of carbonyl (C=O) groups is 2. The van der Waals surface area contributed by atoms with E-state index in [-0.39, 0.29) is 29.4 Å². The Hall–Kier alpha value is -3.20. The number of aromatic nitrogens is 2. The van der Waals surface area contributed by atoms with Crippen molar-refractivity contribution in [2.45, 2.75) is 58.1 Å². The Morgan fingerprint density at radius 1 is 1.03 bits per heavy atom. The highest BCUT2D eigenvalue weighted by Gasteiger charge is 2.40. The highest BCUT2D eigenvalue weighted by Crippen LogP contribution is 2.35. The summed E-state index contributed by atoms with van der Waals surface area (Å²) in [6.07, 6.45) is 3.65. The Kier molecular flexibility index (Phi) is 7.56. The number of amides is 2. The highest BCUT2D eigenvalue weighted by molar-refractivity contribution is 7.16. The van der Waals surface area contributed by atoms with Crippen LogP contribution in [0.4, 0.5) is 4.79 Å². The van der Waals surface area contributed by atoms with Crippen molar-refractivity contribution in [1.29, 1.82) is 0 Å². The first-order valence-electron chi connectivity index (χ1n) is 13.4. The minimum absolute atomic E-state index is 0.0113. The van der Waals surface area contributed by atoms with E-state index < -0.39 is 5.60 Å². The predicted octanol–water partition coefficient (Wildman–Crippen LogP) is 4.74. The van der Waals surface area contributed by atoms with Gasteiger partial charge in [-0.3, -0.25) is 14.2 Å². The quantitative estimate of drug-likeness (QED) is 0.481. The first-order chi connectivity index (χ1) is 18.2. The van der Waals surface area contributed by atoms with Crippen molar-refractivity contribution < 1.29 is 14.3 Å². The molecule has 0 spiro atoms. The van der Waals surface area contributed by atoms with Gasteiger partial charge < -0.3 is 14.5 Å². The number of hydrogen-bond acceptors (Lipinski definition) is 6. The number of piperidine rings is 2. The monoisotopic (exact) mass is 536 g/mol. The van der Waals surface area contributed by atoms with Crippen molar-refractivity contribution in [3.63, 3.8) is 0 Å². The molecule has 4 heterocycles. The Balaban J connectivity index is 1.24. The summed E-state index contributed by atoms with van der Waals surface area (Å²) in [7, 11) is 0. The van der Waals surface area contributed by atoms with Crippen LogP contribution in [0.5, 0.6) is 0 Å². The van der Waals surface area contributed by atoms with Gasteiger partial charge in [-0.25, -0.2) is 9.78 Å². The third-order valence-corrected chi connectivity index (χ3v) is 8.46. The van der Waals surface area contributed by atoms with E-state index in [1.54, 1.807) is 15.8 Å². The molecular formula is C29H36N4O4S. The molecule has 8 nitrogen and oxygen atoms in total. The van der Waals surface area contributed by atoms with Gasteiger partial charge in [0.2, 0.25) is 5.91 Å². The number of fused-ring (bicyclic) bond motifs is 1. The van der Waals surface area contributed by atoms with Crippen molar-refractivity contribution in [2.75, 3.05) is 26.2 Å². The molecule has 0 bridgehead atoms. The molecule has 0 saturated carbocycles. The molecule has 2 amide bonds. The zero-order valence-electron chi connectivity index (χ0n) is 22.3. The third-order valence-electron chi connectivity index (χ3n) is 7.64. The predicted molar refractivity (Wildman–Crippen MR) is 148 cm³/mol. The highest BCUT2D eigenvalue weighted by atomic mass is 32.1. The Bertz CT molecular complexity index is 1340. The van der Waals surface area contributed by atoms with E-state index in [9.17, 15) is 14.4 Å². The summed E-state index contributed by atoms with van der Waals surface area (Å²) in [5.41, 5.74) is 0.523. The number of rotatable bonds is 4. The molecule has 2 atom stereocenters. The van der Waals surface area contributed by atoms with E-state index in [0.29, 0.717) is 50.4 Å². The number of ether oxygens (including phenoxy) is 1. The van der Waals surface area contributed by atoms with Crippen molar-refractivity contribution in [3.05, 3.63) is 64.0 Å². The van der Waals surface area contributed by atoms with E-state index in [1.165, 1.54) is 11.3 Å². The smallest absolute Gasteiger partial charge is 0.410 e. The van der Waals surface area contributed by atoms with Crippen molar-refractivity contribution in [1.82, 2.24) is 19.4 Å². The van der Waals surface area contributed by atoms with Crippen molar-refractivity contribution in [3.8, 4) is 0 Å². The first-order valence-corrected chi connectivity index (χ1v) is 14.3. The van der Waals surface area contributed by atoms with Crippen molar-refractivity contribution in [2.24, 2.45) is 11.8 Å². The largest absolute Gasteiger partial charge is 0.444 e. The Labute approximate surface area is 227 Å². The average molecular weight is 537 g/mol. The van der Waals surface area contributed by atoms with Crippen LogP contribution < -0.4 is 5.56 Å². The van der Waals surface area contributed by atoms with Gasteiger partial charge in [0.25, 0.3) is 5.56 Å². The van der Waals surface area contributed by atoms with Gasteiger partial charge in [-0.05, 0) is 63.0 Å². The molecule has 2 aliphatic rings. The van der Waals surface area contributed by atoms with Crippen LogP contribution in [-0.2, 0) is 16.1 Å². The van der Waals surface area contributed by atoms with Gasteiger partial charge in [-0.15, -0.1) is 11.3 Å². The van der Waals surface area contributed by atoms with Crippen molar-refractivity contribution >= 4 is 33.6 Å². The number of likely N-dealkylation sites (tertiary alicyclic amines) is 2. The maximum absolute atomic E-state index is 13.8. The van der Waals surface area contributed by atoms with Gasteiger partial charge in [0.05, 0.1) is 11.7 Å². The van der Waals surface area contributed by atoms with Gasteiger partial charge in [-0.2, -0.15) is 0 Å². The molecule has 1 aromatic carbocycles. The molecule has 9 heteroatoms. The number of benzene rings is 1. The lowest BCUT2D eigenvalue weighted by molar-refractivity contribution is -0.139. The van der Waals surface area contributed by atoms with Gasteiger partial charge in [0, 0.05) is 44.6 Å². The summed E-state index contributed by atoms with van der Waals surface area (Å²) in [6.45, 7) is 8.56. The number of hydrogen-bond donors (Lipinski definition) is 0. The minimum atomic E-state index is -0.563. The van der Waals surface area contributed by atoms with Gasteiger partial charge >= 0.3 is 6.09 Å². The number of nitrogens with zero attached hydrogens (tertiary/aromatic N) is 4. The fraction of sp³-hybridized carbons (Fsp3) is 0.517. The fourth-order valence-electron chi connectivity index (χ4n) is 5.65. The number of thiophene rings is 1. The summed E-state index contributed by atoms with van der Waals surface area (Å²) in [4.78, 5) is 48.4. The lowest BCUT2D eigenvalue weighted by Crippen LogP contribution is -2.50. The maximum atomic E-state index is 13.8. The molecule has 38 heavy (non-hydrogen) atoms. The van der Waals surface area contributed by atoms with E-state index in [4.69, 9.17) is 4.74 Å². The normalized spacial score (nSPS) is 21.0. The van der Waals surface area contributed by atoms with E-state index >= 15 is 0 Å². The molecule has 0 unspecified atom stereocenters. The zero-order chi connectivity index (χ0) is 26.9. The Morgan fingerprint density at radius 2 is 1.74 bits per heavy atom. The van der Waals surface area contributed by atoms with Crippen LogP contribution in [0.1, 0.15) is 51.5 Å².